The van der Waals surface area contributed by atoms with Gasteiger partial charge in [0.15, 0.2) is 0 Å². The number of nitrogens with zero attached hydrogens (tertiary/aromatic N) is 2. The molecular weight excluding hydrogens is 240 g/mol. The fraction of sp³-hybridized carbons (Fsp3) is 0.182. The van der Waals surface area contributed by atoms with Crippen LogP contribution in [0.25, 0.3) is 0 Å². The van der Waals surface area contributed by atoms with Crippen molar-refractivity contribution in [1.82, 2.24) is 9.55 Å². The van der Waals surface area contributed by atoms with Crippen molar-refractivity contribution in [2.75, 3.05) is 0 Å². The minimum absolute atomic E-state index is 0.0907. The van der Waals surface area contributed by atoms with Crippen LogP contribution >= 0.6 is 11.3 Å². The molecule has 2 aromatic rings. The number of carbonyl (C=O) groups is 1. The second-order valence-electron chi connectivity index (χ2n) is 3.51. The molecule has 1 unspecified atom stereocenters. The SMILES string of the molecule is CC(c1nccs1)n1cc(C(=O)O)ccc1=O. The Morgan fingerprint density at radius 2 is 2.29 bits per heavy atom. The van der Waals surface area contributed by atoms with Gasteiger partial charge in [-0.3, -0.25) is 4.79 Å². The largest absolute Gasteiger partial charge is 0.478 e. The van der Waals surface area contributed by atoms with Crippen molar-refractivity contribution in [2.45, 2.75) is 13.0 Å². The lowest BCUT2D eigenvalue weighted by Crippen LogP contribution is -2.23. The molecular formula is C11H10N2O3S. The van der Waals surface area contributed by atoms with Crippen LogP contribution < -0.4 is 5.56 Å². The Balaban J connectivity index is 2.48. The van der Waals surface area contributed by atoms with Crippen molar-refractivity contribution in [3.63, 3.8) is 0 Å². The monoisotopic (exact) mass is 250 g/mol. The predicted molar refractivity (Wildman–Crippen MR) is 63.6 cm³/mol. The lowest BCUT2D eigenvalue weighted by atomic mass is 10.2. The van der Waals surface area contributed by atoms with E-state index in [2.05, 4.69) is 4.98 Å². The molecule has 0 aromatic carbocycles. The number of thiazole rings is 1. The average molecular weight is 250 g/mol. The van der Waals surface area contributed by atoms with E-state index < -0.39 is 5.97 Å². The second-order valence-corrected chi connectivity index (χ2v) is 4.44. The lowest BCUT2D eigenvalue weighted by Gasteiger charge is -2.12. The van der Waals surface area contributed by atoms with Crippen LogP contribution in [0.1, 0.15) is 28.3 Å². The summed E-state index contributed by atoms with van der Waals surface area (Å²) in [7, 11) is 0. The molecule has 17 heavy (non-hydrogen) atoms. The van der Waals surface area contributed by atoms with Gasteiger partial charge in [0.05, 0.1) is 11.6 Å². The minimum atomic E-state index is -1.05. The molecule has 1 atom stereocenters. The Bertz CT molecular complexity index is 589. The van der Waals surface area contributed by atoms with Gasteiger partial charge in [0.2, 0.25) is 0 Å². The molecule has 2 rings (SSSR count). The number of hydrogen-bond acceptors (Lipinski definition) is 4. The molecule has 0 fully saturated rings. The number of pyridine rings is 1. The summed E-state index contributed by atoms with van der Waals surface area (Å²) in [6.07, 6.45) is 3.00. The molecule has 1 N–H and O–H groups in total. The standard InChI is InChI=1S/C11H10N2O3S/c1-7(10-12-4-5-17-10)13-6-8(11(15)16)2-3-9(13)14/h2-7H,1H3,(H,15,16). The van der Waals surface area contributed by atoms with Crippen molar-refractivity contribution in [3.05, 3.63) is 50.8 Å². The van der Waals surface area contributed by atoms with Gasteiger partial charge in [0, 0.05) is 23.8 Å². The summed E-state index contributed by atoms with van der Waals surface area (Å²) < 4.78 is 1.38. The maximum atomic E-state index is 11.7. The van der Waals surface area contributed by atoms with Gasteiger partial charge in [-0.15, -0.1) is 11.3 Å². The van der Waals surface area contributed by atoms with Crippen LogP contribution in [0.15, 0.2) is 34.7 Å². The van der Waals surface area contributed by atoms with E-state index in [1.54, 1.807) is 6.20 Å². The zero-order valence-electron chi connectivity index (χ0n) is 9.03. The van der Waals surface area contributed by atoms with E-state index in [4.69, 9.17) is 5.11 Å². The summed E-state index contributed by atoms with van der Waals surface area (Å²) in [5, 5.41) is 11.5. The van der Waals surface area contributed by atoms with E-state index in [-0.39, 0.29) is 17.2 Å². The first-order valence-electron chi connectivity index (χ1n) is 4.94. The number of carboxylic acids is 1. The molecule has 88 valence electrons. The Morgan fingerprint density at radius 3 is 2.88 bits per heavy atom. The lowest BCUT2D eigenvalue weighted by molar-refractivity contribution is 0.0695. The Kier molecular flexibility index (Phi) is 3.06. The molecule has 0 saturated carbocycles. The number of rotatable bonds is 3. The summed E-state index contributed by atoms with van der Waals surface area (Å²) in [6, 6.07) is 2.30. The fourth-order valence-corrected chi connectivity index (χ4v) is 2.19. The van der Waals surface area contributed by atoms with Crippen LogP contribution in [0.4, 0.5) is 0 Å². The number of aromatic nitrogens is 2. The molecule has 0 bridgehead atoms. The van der Waals surface area contributed by atoms with Crippen LogP contribution in [0.3, 0.4) is 0 Å². The molecule has 2 heterocycles. The quantitative estimate of drug-likeness (QED) is 0.898. The Hall–Kier alpha value is -1.95. The van der Waals surface area contributed by atoms with Crippen molar-refractivity contribution in [3.8, 4) is 0 Å². The van der Waals surface area contributed by atoms with Gasteiger partial charge in [-0.05, 0) is 13.0 Å². The summed E-state index contributed by atoms with van der Waals surface area (Å²) in [5.74, 6) is -1.05. The van der Waals surface area contributed by atoms with Crippen LogP contribution in [-0.4, -0.2) is 20.6 Å². The van der Waals surface area contributed by atoms with Gasteiger partial charge in [0.25, 0.3) is 5.56 Å². The van der Waals surface area contributed by atoms with E-state index in [1.165, 1.54) is 34.2 Å². The normalized spacial score (nSPS) is 12.3. The van der Waals surface area contributed by atoms with Crippen molar-refractivity contribution < 1.29 is 9.90 Å². The summed E-state index contributed by atoms with van der Waals surface area (Å²) >= 11 is 1.43. The van der Waals surface area contributed by atoms with Gasteiger partial charge < -0.3 is 9.67 Å². The first-order valence-corrected chi connectivity index (χ1v) is 5.82. The Morgan fingerprint density at radius 1 is 1.53 bits per heavy atom. The van der Waals surface area contributed by atoms with Crippen LogP contribution in [-0.2, 0) is 0 Å². The van der Waals surface area contributed by atoms with Crippen molar-refractivity contribution in [2.24, 2.45) is 0 Å². The molecule has 2 aromatic heterocycles. The van der Waals surface area contributed by atoms with Crippen LogP contribution in [0.5, 0.6) is 0 Å². The molecule has 0 aliphatic carbocycles. The topological polar surface area (TPSA) is 72.2 Å². The smallest absolute Gasteiger partial charge is 0.337 e. The van der Waals surface area contributed by atoms with Crippen molar-refractivity contribution >= 4 is 17.3 Å². The third-order valence-electron chi connectivity index (χ3n) is 2.41. The maximum absolute atomic E-state index is 11.7. The van der Waals surface area contributed by atoms with Gasteiger partial charge in [0.1, 0.15) is 5.01 Å². The molecule has 0 radical (unpaired) electrons. The zero-order valence-corrected chi connectivity index (χ0v) is 9.85. The van der Waals surface area contributed by atoms with E-state index in [1.807, 2.05) is 12.3 Å². The summed E-state index contributed by atoms with van der Waals surface area (Å²) in [4.78, 5) is 26.6. The number of carboxylic acid groups (broad SMARTS) is 1. The van der Waals surface area contributed by atoms with Gasteiger partial charge in [-0.1, -0.05) is 0 Å². The first kappa shape index (κ1) is 11.5. The summed E-state index contributed by atoms with van der Waals surface area (Å²) in [6.45, 7) is 1.81. The Labute approximate surface area is 101 Å². The van der Waals surface area contributed by atoms with E-state index in [9.17, 15) is 9.59 Å². The maximum Gasteiger partial charge on any atom is 0.337 e. The van der Waals surface area contributed by atoms with Gasteiger partial charge >= 0.3 is 5.97 Å². The van der Waals surface area contributed by atoms with Crippen molar-refractivity contribution in [1.29, 1.82) is 0 Å². The minimum Gasteiger partial charge on any atom is -0.478 e. The second kappa shape index (κ2) is 4.50. The molecule has 0 spiro atoms. The van der Waals surface area contributed by atoms with Gasteiger partial charge in [-0.25, -0.2) is 9.78 Å². The number of aromatic carboxylic acids is 1. The van der Waals surface area contributed by atoms with E-state index in [0.717, 1.165) is 5.01 Å². The fourth-order valence-electron chi connectivity index (χ4n) is 1.49. The highest BCUT2D eigenvalue weighted by molar-refractivity contribution is 7.09. The van der Waals surface area contributed by atoms with Gasteiger partial charge in [-0.2, -0.15) is 0 Å². The molecule has 6 heteroatoms. The molecule has 0 aliphatic heterocycles. The predicted octanol–water partition coefficient (Wildman–Crippen LogP) is 1.61. The van der Waals surface area contributed by atoms with E-state index in [0.29, 0.717) is 0 Å². The highest BCUT2D eigenvalue weighted by Crippen LogP contribution is 2.18. The highest BCUT2D eigenvalue weighted by atomic mass is 32.1. The highest BCUT2D eigenvalue weighted by Gasteiger charge is 2.13. The molecule has 0 aliphatic rings. The molecule has 0 saturated heterocycles. The van der Waals surface area contributed by atoms with E-state index >= 15 is 0 Å². The first-order chi connectivity index (χ1) is 8.09. The average Bonchev–Trinajstić information content (AvgIpc) is 2.81. The van der Waals surface area contributed by atoms with Crippen LogP contribution in [0.2, 0.25) is 0 Å². The third-order valence-corrected chi connectivity index (χ3v) is 3.36. The zero-order chi connectivity index (χ0) is 12.4. The molecule has 0 amide bonds. The third kappa shape index (κ3) is 2.26. The molecule has 5 nitrogen and oxygen atoms in total. The van der Waals surface area contributed by atoms with Crippen LogP contribution in [0, 0.1) is 0 Å². The number of hydrogen-bond donors (Lipinski definition) is 1. The summed E-state index contributed by atoms with van der Waals surface area (Å²) in [5.41, 5.74) is -0.147.